The van der Waals surface area contributed by atoms with E-state index in [-0.39, 0.29) is 24.8 Å². The van der Waals surface area contributed by atoms with Crippen LogP contribution in [0.25, 0.3) is 0 Å². The Morgan fingerprint density at radius 3 is 2.25 bits per heavy atom. The second kappa shape index (κ2) is 6.60. The van der Waals surface area contributed by atoms with Crippen molar-refractivity contribution in [2.24, 2.45) is 5.73 Å². The van der Waals surface area contributed by atoms with Crippen LogP contribution < -0.4 is 5.73 Å². The maximum Gasteiger partial charge on any atom is 0.145 e. The molecule has 0 radical (unpaired) electrons. The Bertz CT molecular complexity index is 214. The van der Waals surface area contributed by atoms with E-state index in [1.54, 1.807) is 0 Å². The number of hydrogen-bond acceptors (Lipinski definition) is 4. The molecule has 3 nitrogen and oxygen atoms in total. The standard InChI is InChI=1S/C6H11N3S.2ClH/c1-4(2)6-8-5(3-7)10-9-6;;/h4H,3,7H2,1-2H3;2*1H. The van der Waals surface area contributed by atoms with Crippen LogP contribution >= 0.6 is 36.3 Å². The fraction of sp³-hybridized carbons (Fsp3) is 0.667. The fourth-order valence-corrected chi connectivity index (χ4v) is 1.24. The van der Waals surface area contributed by atoms with E-state index in [0.717, 1.165) is 10.8 Å². The average molecular weight is 230 g/mol. The fourth-order valence-electron chi connectivity index (χ4n) is 0.585. The molecule has 1 heterocycles. The summed E-state index contributed by atoms with van der Waals surface area (Å²) in [4.78, 5) is 4.21. The van der Waals surface area contributed by atoms with Gasteiger partial charge in [-0.15, -0.1) is 24.8 Å². The van der Waals surface area contributed by atoms with Gasteiger partial charge in [-0.05, 0) is 11.5 Å². The number of nitrogens with two attached hydrogens (primary N) is 1. The molecule has 0 saturated heterocycles. The number of hydrogen-bond donors (Lipinski definition) is 1. The van der Waals surface area contributed by atoms with E-state index < -0.39 is 0 Å². The lowest BCUT2D eigenvalue weighted by Gasteiger charge is -1.93. The Labute approximate surface area is 88.8 Å². The summed E-state index contributed by atoms with van der Waals surface area (Å²) < 4.78 is 4.14. The number of halogens is 2. The second-order valence-corrected chi connectivity index (χ2v) is 3.24. The van der Waals surface area contributed by atoms with Gasteiger partial charge in [0, 0.05) is 12.5 Å². The quantitative estimate of drug-likeness (QED) is 0.844. The molecule has 1 aromatic rings. The van der Waals surface area contributed by atoms with E-state index in [2.05, 4.69) is 23.2 Å². The van der Waals surface area contributed by atoms with Crippen LogP contribution in [0.3, 0.4) is 0 Å². The lowest BCUT2D eigenvalue weighted by molar-refractivity contribution is 0.790. The van der Waals surface area contributed by atoms with Gasteiger partial charge < -0.3 is 5.73 Å². The monoisotopic (exact) mass is 229 g/mol. The zero-order valence-electron chi connectivity index (χ0n) is 6.98. The predicted octanol–water partition coefficient (Wildman–Crippen LogP) is 1.96. The van der Waals surface area contributed by atoms with Crippen LogP contribution in [-0.4, -0.2) is 9.36 Å². The normalized spacial score (nSPS) is 9.00. The maximum atomic E-state index is 5.37. The molecule has 0 spiro atoms. The van der Waals surface area contributed by atoms with Crippen molar-refractivity contribution in [1.29, 1.82) is 0 Å². The van der Waals surface area contributed by atoms with E-state index in [1.165, 1.54) is 11.5 Å². The van der Waals surface area contributed by atoms with E-state index in [0.29, 0.717) is 12.5 Å². The topological polar surface area (TPSA) is 51.8 Å². The van der Waals surface area contributed by atoms with E-state index in [4.69, 9.17) is 5.73 Å². The second-order valence-electron chi connectivity index (χ2n) is 2.41. The summed E-state index contributed by atoms with van der Waals surface area (Å²) in [7, 11) is 0. The highest BCUT2D eigenvalue weighted by molar-refractivity contribution is 7.05. The van der Waals surface area contributed by atoms with Gasteiger partial charge in [-0.25, -0.2) is 4.98 Å². The van der Waals surface area contributed by atoms with Crippen LogP contribution in [0.2, 0.25) is 0 Å². The highest BCUT2D eigenvalue weighted by Gasteiger charge is 2.05. The Balaban J connectivity index is 0. The van der Waals surface area contributed by atoms with E-state index in [1.807, 2.05) is 0 Å². The minimum Gasteiger partial charge on any atom is -0.324 e. The third kappa shape index (κ3) is 3.67. The molecule has 0 unspecified atom stereocenters. The minimum absolute atomic E-state index is 0. The summed E-state index contributed by atoms with van der Waals surface area (Å²) in [5, 5.41) is 0.920. The minimum atomic E-state index is 0. The Morgan fingerprint density at radius 2 is 2.00 bits per heavy atom. The molecule has 12 heavy (non-hydrogen) atoms. The molecule has 2 N–H and O–H groups in total. The zero-order valence-corrected chi connectivity index (χ0v) is 9.43. The molecule has 0 aliphatic rings. The van der Waals surface area contributed by atoms with Crippen molar-refractivity contribution < 1.29 is 0 Å². The number of rotatable bonds is 2. The lowest BCUT2D eigenvalue weighted by Crippen LogP contribution is -1.96. The van der Waals surface area contributed by atoms with Crippen molar-refractivity contribution >= 4 is 36.3 Å². The van der Waals surface area contributed by atoms with Crippen LogP contribution in [-0.2, 0) is 6.54 Å². The average Bonchev–Trinajstić information content (AvgIpc) is 2.34. The predicted molar refractivity (Wildman–Crippen MR) is 56.4 cm³/mol. The van der Waals surface area contributed by atoms with Gasteiger partial charge in [-0.2, -0.15) is 4.37 Å². The molecule has 0 aliphatic heterocycles. The summed E-state index contributed by atoms with van der Waals surface area (Å²) in [5.74, 6) is 1.32. The van der Waals surface area contributed by atoms with Crippen LogP contribution in [0.1, 0.15) is 30.6 Å². The van der Waals surface area contributed by atoms with Crippen molar-refractivity contribution in [2.45, 2.75) is 26.3 Å². The molecule has 0 bridgehead atoms. The molecule has 1 rings (SSSR count). The summed E-state index contributed by atoms with van der Waals surface area (Å²) in [6, 6.07) is 0. The number of aromatic nitrogens is 2. The van der Waals surface area contributed by atoms with E-state index in [9.17, 15) is 0 Å². The van der Waals surface area contributed by atoms with Crippen molar-refractivity contribution in [3.05, 3.63) is 10.8 Å². The molecular weight excluding hydrogens is 217 g/mol. The van der Waals surface area contributed by atoms with E-state index >= 15 is 0 Å². The lowest BCUT2D eigenvalue weighted by atomic mass is 10.2. The molecule has 6 heteroatoms. The molecule has 72 valence electrons. The Hall–Kier alpha value is 0.1000. The first-order valence-electron chi connectivity index (χ1n) is 3.26. The largest absolute Gasteiger partial charge is 0.324 e. The highest BCUT2D eigenvalue weighted by Crippen LogP contribution is 2.12. The van der Waals surface area contributed by atoms with Gasteiger partial charge in [-0.1, -0.05) is 13.8 Å². The molecule has 0 aromatic carbocycles. The van der Waals surface area contributed by atoms with Gasteiger partial charge in [0.15, 0.2) is 0 Å². The van der Waals surface area contributed by atoms with Gasteiger partial charge in [0.05, 0.1) is 0 Å². The maximum absolute atomic E-state index is 5.37. The van der Waals surface area contributed by atoms with Gasteiger partial charge in [0.25, 0.3) is 0 Å². The molecule has 0 aliphatic carbocycles. The summed E-state index contributed by atoms with van der Waals surface area (Å²) in [6.07, 6.45) is 0. The van der Waals surface area contributed by atoms with Gasteiger partial charge >= 0.3 is 0 Å². The summed E-state index contributed by atoms with van der Waals surface area (Å²) in [6.45, 7) is 4.65. The first-order valence-corrected chi connectivity index (χ1v) is 4.04. The third-order valence-electron chi connectivity index (χ3n) is 1.17. The highest BCUT2D eigenvalue weighted by atomic mass is 35.5. The molecule has 0 saturated carbocycles. The van der Waals surface area contributed by atoms with Crippen molar-refractivity contribution in [2.75, 3.05) is 0 Å². The summed E-state index contributed by atoms with van der Waals surface area (Å²) in [5.41, 5.74) is 5.37. The first-order chi connectivity index (χ1) is 4.74. The Kier molecular flexibility index (Phi) is 8.04. The smallest absolute Gasteiger partial charge is 0.145 e. The van der Waals surface area contributed by atoms with Crippen LogP contribution in [0.15, 0.2) is 0 Å². The van der Waals surface area contributed by atoms with Gasteiger partial charge in [-0.3, -0.25) is 0 Å². The Morgan fingerprint density at radius 1 is 1.42 bits per heavy atom. The molecular formula is C6H13Cl2N3S. The molecule has 1 aromatic heterocycles. The molecule has 0 amide bonds. The first kappa shape index (κ1) is 14.6. The van der Waals surface area contributed by atoms with Crippen LogP contribution in [0.5, 0.6) is 0 Å². The molecule has 0 atom stereocenters. The zero-order chi connectivity index (χ0) is 7.56. The third-order valence-corrected chi connectivity index (χ3v) is 1.92. The molecule has 0 fully saturated rings. The summed E-state index contributed by atoms with van der Waals surface area (Å²) >= 11 is 1.39. The van der Waals surface area contributed by atoms with Gasteiger partial charge in [0.2, 0.25) is 0 Å². The van der Waals surface area contributed by atoms with Gasteiger partial charge in [0.1, 0.15) is 10.8 Å². The van der Waals surface area contributed by atoms with Crippen molar-refractivity contribution in [1.82, 2.24) is 9.36 Å². The van der Waals surface area contributed by atoms with Crippen molar-refractivity contribution in [3.8, 4) is 0 Å². The van der Waals surface area contributed by atoms with Crippen LogP contribution in [0.4, 0.5) is 0 Å². The number of nitrogens with zero attached hydrogens (tertiary/aromatic N) is 2. The SMILES string of the molecule is CC(C)c1nsc(CN)n1.Cl.Cl. The van der Waals surface area contributed by atoms with Crippen LogP contribution in [0, 0.1) is 0 Å². The van der Waals surface area contributed by atoms with Crippen molar-refractivity contribution in [3.63, 3.8) is 0 Å².